The minimum absolute atomic E-state index is 0.0239. The number of ether oxygens (including phenoxy) is 1. The molecule has 0 spiro atoms. The molecular weight excluding hydrogens is 635 g/mol. The largest absolute Gasteiger partial charge is 0.483 e. The molecule has 0 bridgehead atoms. The van der Waals surface area contributed by atoms with Crippen molar-refractivity contribution in [1.82, 2.24) is 10.2 Å². The quantitative estimate of drug-likeness (QED) is 0.235. The van der Waals surface area contributed by atoms with Crippen molar-refractivity contribution in [1.29, 1.82) is 0 Å². The molecule has 0 unspecified atom stereocenters. The number of carbonyl (C=O) groups is 2. The van der Waals surface area contributed by atoms with E-state index in [4.69, 9.17) is 27.9 Å². The molecular formula is C34H39BrCl2N2O3. The molecule has 224 valence electrons. The lowest BCUT2D eigenvalue weighted by Crippen LogP contribution is -2.53. The van der Waals surface area contributed by atoms with Gasteiger partial charge in [-0.25, -0.2) is 0 Å². The molecule has 1 atom stereocenters. The Morgan fingerprint density at radius 1 is 0.952 bits per heavy atom. The van der Waals surface area contributed by atoms with Gasteiger partial charge in [0, 0.05) is 19.0 Å². The Balaban J connectivity index is 1.63. The number of benzene rings is 3. The summed E-state index contributed by atoms with van der Waals surface area (Å²) in [6.07, 6.45) is 5.65. The number of nitrogens with one attached hydrogen (secondary N) is 1. The van der Waals surface area contributed by atoms with E-state index in [2.05, 4.69) is 42.0 Å². The summed E-state index contributed by atoms with van der Waals surface area (Å²) in [6.45, 7) is 6.39. The van der Waals surface area contributed by atoms with Crippen LogP contribution >= 0.6 is 39.1 Å². The Kier molecular flexibility index (Phi) is 11.4. The van der Waals surface area contributed by atoms with Crippen LogP contribution in [0.15, 0.2) is 71.2 Å². The smallest absolute Gasteiger partial charge is 0.261 e. The third-order valence-corrected chi connectivity index (χ3v) is 9.07. The van der Waals surface area contributed by atoms with Gasteiger partial charge in [0.2, 0.25) is 5.91 Å². The number of nitrogens with zero attached hydrogens (tertiary/aromatic N) is 1. The summed E-state index contributed by atoms with van der Waals surface area (Å²) in [5.41, 5.74) is 2.87. The van der Waals surface area contributed by atoms with Gasteiger partial charge in [-0.3, -0.25) is 9.59 Å². The van der Waals surface area contributed by atoms with Crippen LogP contribution in [0, 0.1) is 0 Å². The van der Waals surface area contributed by atoms with Crippen molar-refractivity contribution in [2.24, 2.45) is 0 Å². The molecule has 4 rings (SSSR count). The lowest BCUT2D eigenvalue weighted by molar-refractivity contribution is -0.143. The molecule has 1 aliphatic rings. The molecule has 1 fully saturated rings. The van der Waals surface area contributed by atoms with Crippen LogP contribution in [0.2, 0.25) is 10.0 Å². The number of rotatable bonds is 10. The first-order chi connectivity index (χ1) is 20.0. The van der Waals surface area contributed by atoms with Gasteiger partial charge in [-0.1, -0.05) is 106 Å². The van der Waals surface area contributed by atoms with Crippen molar-refractivity contribution in [3.8, 4) is 5.75 Å². The molecule has 0 heterocycles. The summed E-state index contributed by atoms with van der Waals surface area (Å²) in [4.78, 5) is 29.5. The second-order valence-corrected chi connectivity index (χ2v) is 13.7. The van der Waals surface area contributed by atoms with Crippen LogP contribution in [0.25, 0.3) is 0 Å². The maximum absolute atomic E-state index is 14.0. The van der Waals surface area contributed by atoms with Crippen molar-refractivity contribution in [2.75, 3.05) is 6.61 Å². The van der Waals surface area contributed by atoms with Crippen molar-refractivity contribution >= 4 is 50.9 Å². The van der Waals surface area contributed by atoms with Crippen LogP contribution < -0.4 is 10.1 Å². The van der Waals surface area contributed by atoms with Crippen LogP contribution in [-0.2, 0) is 28.0 Å². The van der Waals surface area contributed by atoms with E-state index in [-0.39, 0.29) is 36.4 Å². The molecule has 0 aromatic heterocycles. The number of hydrogen-bond acceptors (Lipinski definition) is 3. The fourth-order valence-corrected chi connectivity index (χ4v) is 6.05. The standard InChI is InChI=1S/C34H39BrCl2N2O3/c1-34(2,3)25-15-17-31(27(35)20-25)42-22-32(40)39(21-24-14-16-28(36)29(37)18-24)30(19-23-10-6-4-7-11-23)33(41)38-26-12-8-5-9-13-26/h4,6-7,10-11,14-18,20,26,30H,5,8-9,12-13,19,21-22H2,1-3H3,(H,38,41)/t30-/m0/s1. The van der Waals surface area contributed by atoms with E-state index in [0.29, 0.717) is 22.2 Å². The molecule has 0 saturated heterocycles. The van der Waals surface area contributed by atoms with Crippen LogP contribution in [0.4, 0.5) is 0 Å². The van der Waals surface area contributed by atoms with E-state index < -0.39 is 6.04 Å². The summed E-state index contributed by atoms with van der Waals surface area (Å²) in [5, 5.41) is 4.08. The minimum atomic E-state index is -0.744. The summed E-state index contributed by atoms with van der Waals surface area (Å²) in [7, 11) is 0. The highest BCUT2D eigenvalue weighted by molar-refractivity contribution is 9.10. The zero-order chi connectivity index (χ0) is 30.3. The SMILES string of the molecule is CC(C)(C)c1ccc(OCC(=O)N(Cc2ccc(Cl)c(Cl)c2)[C@@H](Cc2ccccc2)C(=O)NC2CCCCC2)c(Br)c1. The predicted molar refractivity (Wildman–Crippen MR) is 174 cm³/mol. The lowest BCUT2D eigenvalue weighted by atomic mass is 9.87. The first-order valence-corrected chi connectivity index (χ1v) is 16.1. The van der Waals surface area contributed by atoms with Gasteiger partial charge < -0.3 is 15.0 Å². The fraction of sp³-hybridized carbons (Fsp3) is 0.412. The lowest BCUT2D eigenvalue weighted by Gasteiger charge is -2.33. The second-order valence-electron chi connectivity index (χ2n) is 12.0. The second kappa shape index (κ2) is 14.8. The van der Waals surface area contributed by atoms with Crippen molar-refractivity contribution in [2.45, 2.75) is 83.3 Å². The van der Waals surface area contributed by atoms with Crippen molar-refractivity contribution in [3.05, 3.63) is 97.9 Å². The number of amides is 2. The predicted octanol–water partition coefficient (Wildman–Crippen LogP) is 8.52. The molecule has 2 amide bonds. The van der Waals surface area contributed by atoms with E-state index in [1.54, 1.807) is 17.0 Å². The Bertz CT molecular complexity index is 1370. The third-order valence-electron chi connectivity index (χ3n) is 7.71. The molecule has 0 radical (unpaired) electrons. The number of hydrogen-bond donors (Lipinski definition) is 1. The Hall–Kier alpha value is -2.54. The van der Waals surface area contributed by atoms with Gasteiger partial charge in [-0.05, 0) is 75.1 Å². The van der Waals surface area contributed by atoms with Gasteiger partial charge in [0.15, 0.2) is 6.61 Å². The van der Waals surface area contributed by atoms with Gasteiger partial charge in [0.1, 0.15) is 11.8 Å². The third kappa shape index (κ3) is 8.98. The van der Waals surface area contributed by atoms with E-state index >= 15 is 0 Å². The Morgan fingerprint density at radius 3 is 2.31 bits per heavy atom. The molecule has 42 heavy (non-hydrogen) atoms. The monoisotopic (exact) mass is 672 g/mol. The van der Waals surface area contributed by atoms with Crippen LogP contribution in [0.5, 0.6) is 5.75 Å². The average Bonchev–Trinajstić information content (AvgIpc) is 2.96. The molecule has 8 heteroatoms. The van der Waals surface area contributed by atoms with Gasteiger partial charge >= 0.3 is 0 Å². The van der Waals surface area contributed by atoms with Gasteiger partial charge in [-0.15, -0.1) is 0 Å². The fourth-order valence-electron chi connectivity index (χ4n) is 5.24. The first-order valence-electron chi connectivity index (χ1n) is 14.5. The maximum Gasteiger partial charge on any atom is 0.261 e. The van der Waals surface area contributed by atoms with E-state index in [1.165, 1.54) is 6.42 Å². The summed E-state index contributed by atoms with van der Waals surface area (Å²) in [6, 6.07) is 20.3. The average molecular weight is 675 g/mol. The van der Waals surface area contributed by atoms with E-state index in [0.717, 1.165) is 46.8 Å². The summed E-state index contributed by atoms with van der Waals surface area (Å²) >= 11 is 16.1. The summed E-state index contributed by atoms with van der Waals surface area (Å²) < 4.78 is 6.81. The van der Waals surface area contributed by atoms with E-state index in [1.807, 2.05) is 54.6 Å². The van der Waals surface area contributed by atoms with Gasteiger partial charge in [-0.2, -0.15) is 0 Å². The topological polar surface area (TPSA) is 58.6 Å². The minimum Gasteiger partial charge on any atom is -0.483 e. The molecule has 1 N–H and O–H groups in total. The normalized spacial score (nSPS) is 14.7. The summed E-state index contributed by atoms with van der Waals surface area (Å²) in [5.74, 6) is 0.111. The molecule has 3 aromatic rings. The number of halogens is 3. The van der Waals surface area contributed by atoms with Crippen molar-refractivity contribution in [3.63, 3.8) is 0 Å². The van der Waals surface area contributed by atoms with Gasteiger partial charge in [0.05, 0.1) is 14.5 Å². The zero-order valence-corrected chi connectivity index (χ0v) is 27.6. The van der Waals surface area contributed by atoms with Crippen LogP contribution in [-0.4, -0.2) is 35.4 Å². The molecule has 1 aliphatic carbocycles. The Morgan fingerprint density at radius 2 is 1.67 bits per heavy atom. The van der Waals surface area contributed by atoms with Gasteiger partial charge in [0.25, 0.3) is 5.91 Å². The highest BCUT2D eigenvalue weighted by Crippen LogP contribution is 2.32. The molecule has 1 saturated carbocycles. The van der Waals surface area contributed by atoms with Crippen molar-refractivity contribution < 1.29 is 14.3 Å². The van der Waals surface area contributed by atoms with Crippen LogP contribution in [0.1, 0.15) is 69.6 Å². The Labute approximate surface area is 268 Å². The highest BCUT2D eigenvalue weighted by atomic mass is 79.9. The molecule has 3 aromatic carbocycles. The van der Waals surface area contributed by atoms with E-state index in [9.17, 15) is 9.59 Å². The van der Waals surface area contributed by atoms with Crippen LogP contribution in [0.3, 0.4) is 0 Å². The molecule has 0 aliphatic heterocycles. The number of carbonyl (C=O) groups excluding carboxylic acids is 2. The first kappa shape index (κ1) is 32.4. The maximum atomic E-state index is 14.0. The highest BCUT2D eigenvalue weighted by Gasteiger charge is 2.32. The molecule has 5 nitrogen and oxygen atoms in total. The zero-order valence-electron chi connectivity index (χ0n) is 24.5.